The minimum Gasteiger partial charge on any atom is -0.372 e. The van der Waals surface area contributed by atoms with Crippen LogP contribution in [0.2, 0.25) is 0 Å². The van der Waals surface area contributed by atoms with E-state index < -0.39 is 17.5 Å². The van der Waals surface area contributed by atoms with Gasteiger partial charge in [0.25, 0.3) is 5.91 Å². The van der Waals surface area contributed by atoms with Crippen LogP contribution >= 0.6 is 0 Å². The molecule has 0 saturated carbocycles. The Kier molecular flexibility index (Phi) is 4.55. The van der Waals surface area contributed by atoms with E-state index in [1.165, 1.54) is 18.5 Å². The Bertz CT molecular complexity index is 695. The molecular formula is C18H18F2N2O. The molecule has 5 heteroatoms. The van der Waals surface area contributed by atoms with E-state index in [0.717, 1.165) is 36.9 Å². The Morgan fingerprint density at radius 2 is 1.74 bits per heavy atom. The molecule has 0 bridgehead atoms. The van der Waals surface area contributed by atoms with Crippen molar-refractivity contribution in [1.29, 1.82) is 0 Å². The Hall–Kier alpha value is -2.43. The third-order valence-corrected chi connectivity index (χ3v) is 4.03. The van der Waals surface area contributed by atoms with Crippen LogP contribution in [0.5, 0.6) is 0 Å². The van der Waals surface area contributed by atoms with Crippen LogP contribution in [-0.2, 0) is 6.54 Å². The maximum atomic E-state index is 13.5. The van der Waals surface area contributed by atoms with E-state index in [4.69, 9.17) is 0 Å². The Balaban J connectivity index is 1.61. The van der Waals surface area contributed by atoms with E-state index in [1.54, 1.807) is 0 Å². The fourth-order valence-corrected chi connectivity index (χ4v) is 2.75. The summed E-state index contributed by atoms with van der Waals surface area (Å²) >= 11 is 0. The van der Waals surface area contributed by atoms with E-state index >= 15 is 0 Å². The molecule has 1 fully saturated rings. The number of anilines is 1. The number of halogens is 2. The second-order valence-electron chi connectivity index (χ2n) is 5.67. The van der Waals surface area contributed by atoms with Crippen molar-refractivity contribution < 1.29 is 13.6 Å². The van der Waals surface area contributed by atoms with Crippen molar-refractivity contribution in [3.63, 3.8) is 0 Å². The van der Waals surface area contributed by atoms with Gasteiger partial charge in [0.15, 0.2) is 0 Å². The summed E-state index contributed by atoms with van der Waals surface area (Å²) in [5, 5.41) is 2.61. The zero-order valence-corrected chi connectivity index (χ0v) is 12.7. The third-order valence-electron chi connectivity index (χ3n) is 4.03. The number of nitrogens with zero attached hydrogens (tertiary/aromatic N) is 1. The zero-order chi connectivity index (χ0) is 16.2. The van der Waals surface area contributed by atoms with Gasteiger partial charge < -0.3 is 10.2 Å². The van der Waals surface area contributed by atoms with Crippen LogP contribution in [0.3, 0.4) is 0 Å². The highest BCUT2D eigenvalue weighted by Gasteiger charge is 2.13. The molecule has 0 radical (unpaired) electrons. The molecule has 0 unspecified atom stereocenters. The minimum atomic E-state index is -0.728. The summed E-state index contributed by atoms with van der Waals surface area (Å²) in [6.07, 6.45) is 2.44. The number of hydrogen-bond acceptors (Lipinski definition) is 2. The Labute approximate surface area is 133 Å². The van der Waals surface area contributed by atoms with Crippen LogP contribution in [0.4, 0.5) is 14.5 Å². The second-order valence-corrected chi connectivity index (χ2v) is 5.67. The fraction of sp³-hybridized carbons (Fsp3) is 0.278. The van der Waals surface area contributed by atoms with E-state index in [9.17, 15) is 13.6 Å². The molecule has 1 saturated heterocycles. The predicted molar refractivity (Wildman–Crippen MR) is 85.4 cm³/mol. The lowest BCUT2D eigenvalue weighted by atomic mass is 10.1. The quantitative estimate of drug-likeness (QED) is 0.936. The maximum absolute atomic E-state index is 13.5. The van der Waals surface area contributed by atoms with Crippen LogP contribution < -0.4 is 10.2 Å². The van der Waals surface area contributed by atoms with E-state index in [1.807, 2.05) is 24.3 Å². The first-order valence-corrected chi connectivity index (χ1v) is 7.70. The van der Waals surface area contributed by atoms with Crippen molar-refractivity contribution >= 4 is 11.6 Å². The van der Waals surface area contributed by atoms with Gasteiger partial charge >= 0.3 is 0 Å². The maximum Gasteiger partial charge on any atom is 0.254 e. The van der Waals surface area contributed by atoms with Crippen molar-refractivity contribution in [2.75, 3.05) is 18.0 Å². The molecule has 0 spiro atoms. The average molecular weight is 316 g/mol. The van der Waals surface area contributed by atoms with E-state index in [2.05, 4.69) is 10.2 Å². The van der Waals surface area contributed by atoms with Crippen molar-refractivity contribution in [2.24, 2.45) is 0 Å². The Morgan fingerprint density at radius 3 is 2.43 bits per heavy atom. The SMILES string of the molecule is O=C(NCc1ccc(N2CCCC2)cc1)c1cc(F)ccc1F. The summed E-state index contributed by atoms with van der Waals surface area (Å²) in [4.78, 5) is 14.3. The zero-order valence-electron chi connectivity index (χ0n) is 12.7. The monoisotopic (exact) mass is 316 g/mol. The van der Waals surface area contributed by atoms with Gasteiger partial charge in [0, 0.05) is 25.3 Å². The molecule has 3 rings (SSSR count). The highest BCUT2D eigenvalue weighted by atomic mass is 19.1. The molecule has 2 aromatic rings. The standard InChI is InChI=1S/C18H18F2N2O/c19-14-5-8-17(20)16(11-14)18(23)21-12-13-3-6-15(7-4-13)22-9-1-2-10-22/h3-8,11H,1-2,9-10,12H2,(H,21,23). The molecule has 120 valence electrons. The third kappa shape index (κ3) is 3.67. The van der Waals surface area contributed by atoms with Gasteiger partial charge in [0.1, 0.15) is 11.6 Å². The van der Waals surface area contributed by atoms with Crippen LogP contribution in [0.15, 0.2) is 42.5 Å². The van der Waals surface area contributed by atoms with Gasteiger partial charge in [0.2, 0.25) is 0 Å². The lowest BCUT2D eigenvalue weighted by Gasteiger charge is -2.17. The van der Waals surface area contributed by atoms with Crippen LogP contribution in [0.1, 0.15) is 28.8 Å². The summed E-state index contributed by atoms with van der Waals surface area (Å²) in [6.45, 7) is 2.43. The predicted octanol–water partition coefficient (Wildman–Crippen LogP) is 3.50. The second kappa shape index (κ2) is 6.77. The molecule has 3 nitrogen and oxygen atoms in total. The summed E-state index contributed by atoms with van der Waals surface area (Å²) < 4.78 is 26.7. The minimum absolute atomic E-state index is 0.273. The van der Waals surface area contributed by atoms with Crippen LogP contribution in [0, 0.1) is 11.6 Å². The van der Waals surface area contributed by atoms with Gasteiger partial charge in [-0.1, -0.05) is 12.1 Å². The number of carbonyl (C=O) groups is 1. The van der Waals surface area contributed by atoms with Crippen LogP contribution in [-0.4, -0.2) is 19.0 Å². The smallest absolute Gasteiger partial charge is 0.254 e. The first kappa shape index (κ1) is 15.5. The Morgan fingerprint density at radius 1 is 1.04 bits per heavy atom. The number of nitrogens with one attached hydrogen (secondary N) is 1. The molecule has 1 N–H and O–H groups in total. The number of hydrogen-bond donors (Lipinski definition) is 1. The molecule has 1 amide bonds. The van der Waals surface area contributed by atoms with Crippen molar-refractivity contribution in [3.05, 3.63) is 65.2 Å². The number of rotatable bonds is 4. The van der Waals surface area contributed by atoms with Gasteiger partial charge in [-0.25, -0.2) is 8.78 Å². The average Bonchev–Trinajstić information content (AvgIpc) is 3.10. The summed E-state index contributed by atoms with van der Waals surface area (Å²) in [6, 6.07) is 10.8. The molecule has 1 aliphatic heterocycles. The fourth-order valence-electron chi connectivity index (χ4n) is 2.75. The molecule has 23 heavy (non-hydrogen) atoms. The molecule has 2 aromatic carbocycles. The first-order valence-electron chi connectivity index (χ1n) is 7.70. The summed E-state index contributed by atoms with van der Waals surface area (Å²) in [5.74, 6) is -1.98. The van der Waals surface area contributed by atoms with Crippen molar-refractivity contribution in [1.82, 2.24) is 5.32 Å². The van der Waals surface area contributed by atoms with E-state index in [0.29, 0.717) is 0 Å². The number of benzene rings is 2. The van der Waals surface area contributed by atoms with Crippen LogP contribution in [0.25, 0.3) is 0 Å². The molecule has 0 aromatic heterocycles. The van der Waals surface area contributed by atoms with Gasteiger partial charge in [-0.3, -0.25) is 4.79 Å². The number of carbonyl (C=O) groups excluding carboxylic acids is 1. The van der Waals surface area contributed by atoms with Gasteiger partial charge in [0.05, 0.1) is 5.56 Å². The van der Waals surface area contributed by atoms with Gasteiger partial charge in [-0.05, 0) is 48.7 Å². The van der Waals surface area contributed by atoms with Gasteiger partial charge in [-0.15, -0.1) is 0 Å². The summed E-state index contributed by atoms with van der Waals surface area (Å²) in [7, 11) is 0. The van der Waals surface area contributed by atoms with Crippen molar-refractivity contribution in [3.8, 4) is 0 Å². The highest BCUT2D eigenvalue weighted by Crippen LogP contribution is 2.20. The topological polar surface area (TPSA) is 32.3 Å². The molecular weight excluding hydrogens is 298 g/mol. The molecule has 1 aliphatic rings. The summed E-state index contributed by atoms with van der Waals surface area (Å²) in [5.41, 5.74) is 1.81. The van der Waals surface area contributed by atoms with Crippen molar-refractivity contribution in [2.45, 2.75) is 19.4 Å². The van der Waals surface area contributed by atoms with Gasteiger partial charge in [-0.2, -0.15) is 0 Å². The first-order chi connectivity index (χ1) is 11.1. The largest absolute Gasteiger partial charge is 0.372 e. The lowest BCUT2D eigenvalue weighted by Crippen LogP contribution is -2.24. The molecule has 0 aliphatic carbocycles. The molecule has 0 atom stereocenters. The molecule has 1 heterocycles. The normalized spacial score (nSPS) is 14.1. The van der Waals surface area contributed by atoms with E-state index in [-0.39, 0.29) is 12.1 Å². The highest BCUT2D eigenvalue weighted by molar-refractivity contribution is 5.94. The lowest BCUT2D eigenvalue weighted by molar-refractivity contribution is 0.0946. The number of amides is 1.